The van der Waals surface area contributed by atoms with E-state index in [0.717, 1.165) is 28.7 Å². The number of ketones is 1. The molecule has 19 heavy (non-hydrogen) atoms. The van der Waals surface area contributed by atoms with Gasteiger partial charge in [-0.25, -0.2) is 0 Å². The Balaban J connectivity index is 2.06. The molecule has 1 aliphatic carbocycles. The fourth-order valence-electron chi connectivity index (χ4n) is 2.43. The summed E-state index contributed by atoms with van der Waals surface area (Å²) in [5.74, 6) is 0.181. The van der Waals surface area contributed by atoms with Gasteiger partial charge in [0.1, 0.15) is 0 Å². The quantitative estimate of drug-likeness (QED) is 0.608. The van der Waals surface area contributed by atoms with Gasteiger partial charge in [0.25, 0.3) is 5.69 Å². The molecule has 0 saturated heterocycles. The first-order chi connectivity index (χ1) is 9.15. The molecule has 4 heteroatoms. The molecule has 0 fully saturated rings. The number of non-ortho nitro benzene ring substituents is 1. The number of fused-ring (bicyclic) bond motifs is 1. The topological polar surface area (TPSA) is 60.2 Å². The highest BCUT2D eigenvalue weighted by atomic mass is 16.6. The van der Waals surface area contributed by atoms with E-state index in [1.807, 2.05) is 24.3 Å². The Labute approximate surface area is 109 Å². The summed E-state index contributed by atoms with van der Waals surface area (Å²) in [6, 6.07) is 12.2. The minimum atomic E-state index is -0.402. The molecule has 2 aromatic carbocycles. The molecule has 0 amide bonds. The summed E-state index contributed by atoms with van der Waals surface area (Å²) in [7, 11) is 0. The maximum Gasteiger partial charge on any atom is 0.270 e. The molecular formula is C15H11NO3. The number of nitro groups is 1. The normalized spacial score (nSPS) is 13.4. The molecule has 4 nitrogen and oxygen atoms in total. The van der Waals surface area contributed by atoms with Crippen LogP contribution in [0.25, 0.3) is 11.1 Å². The number of benzene rings is 2. The predicted molar refractivity (Wildman–Crippen MR) is 71.2 cm³/mol. The van der Waals surface area contributed by atoms with E-state index in [9.17, 15) is 14.9 Å². The van der Waals surface area contributed by atoms with Crippen molar-refractivity contribution in [3.63, 3.8) is 0 Å². The van der Waals surface area contributed by atoms with Crippen LogP contribution in [0.1, 0.15) is 22.3 Å². The lowest BCUT2D eigenvalue weighted by atomic mass is 10.00. The Morgan fingerprint density at radius 3 is 2.58 bits per heavy atom. The van der Waals surface area contributed by atoms with Crippen molar-refractivity contribution >= 4 is 11.5 Å². The molecule has 2 aromatic rings. The van der Waals surface area contributed by atoms with Crippen molar-refractivity contribution < 1.29 is 9.72 Å². The van der Waals surface area contributed by atoms with Gasteiger partial charge in [-0.1, -0.05) is 30.3 Å². The molecule has 0 unspecified atom stereocenters. The number of nitro benzene ring substituents is 1. The van der Waals surface area contributed by atoms with Crippen molar-refractivity contribution in [3.8, 4) is 11.1 Å². The van der Waals surface area contributed by atoms with E-state index in [2.05, 4.69) is 0 Å². The van der Waals surface area contributed by atoms with Crippen molar-refractivity contribution in [2.24, 2.45) is 0 Å². The Bertz CT molecular complexity index is 692. The van der Waals surface area contributed by atoms with Crippen LogP contribution in [0, 0.1) is 10.1 Å². The molecule has 0 aliphatic heterocycles. The maximum absolute atomic E-state index is 11.6. The van der Waals surface area contributed by atoms with Crippen LogP contribution < -0.4 is 0 Å². The molecule has 0 bridgehead atoms. The van der Waals surface area contributed by atoms with E-state index in [4.69, 9.17) is 0 Å². The highest BCUT2D eigenvalue weighted by Gasteiger charge is 2.19. The van der Waals surface area contributed by atoms with E-state index in [1.165, 1.54) is 6.07 Å². The number of aryl methyl sites for hydroxylation is 1. The Hall–Kier alpha value is -2.49. The van der Waals surface area contributed by atoms with Gasteiger partial charge < -0.3 is 0 Å². The molecule has 0 N–H and O–H groups in total. The number of hydrogen-bond donors (Lipinski definition) is 0. The van der Waals surface area contributed by atoms with E-state index >= 15 is 0 Å². The molecule has 0 heterocycles. The molecule has 0 spiro atoms. The molecule has 3 rings (SSSR count). The molecule has 1 aliphatic rings. The second-order valence-corrected chi connectivity index (χ2v) is 4.60. The lowest BCUT2D eigenvalue weighted by Crippen LogP contribution is -1.91. The predicted octanol–water partition coefficient (Wildman–Crippen LogP) is 3.39. The number of hydrogen-bond acceptors (Lipinski definition) is 3. The van der Waals surface area contributed by atoms with Crippen molar-refractivity contribution in [2.45, 2.75) is 12.8 Å². The van der Waals surface area contributed by atoms with Crippen LogP contribution in [0.2, 0.25) is 0 Å². The Morgan fingerprint density at radius 1 is 1.00 bits per heavy atom. The second-order valence-electron chi connectivity index (χ2n) is 4.60. The molecular weight excluding hydrogens is 242 g/mol. The highest BCUT2D eigenvalue weighted by molar-refractivity contribution is 6.00. The number of carbonyl (C=O) groups excluding carboxylic acids is 1. The first-order valence-corrected chi connectivity index (χ1v) is 6.06. The van der Waals surface area contributed by atoms with Gasteiger partial charge in [-0.3, -0.25) is 14.9 Å². The maximum atomic E-state index is 11.6. The van der Waals surface area contributed by atoms with Crippen molar-refractivity contribution in [1.29, 1.82) is 0 Å². The third kappa shape index (κ3) is 2.01. The van der Waals surface area contributed by atoms with Crippen molar-refractivity contribution in [3.05, 3.63) is 63.7 Å². The van der Waals surface area contributed by atoms with Gasteiger partial charge in [0.15, 0.2) is 5.78 Å². The number of nitrogens with zero attached hydrogens (tertiary/aromatic N) is 1. The van der Waals surface area contributed by atoms with Crippen LogP contribution in [-0.2, 0) is 6.42 Å². The minimum Gasteiger partial charge on any atom is -0.294 e. The van der Waals surface area contributed by atoms with Crippen molar-refractivity contribution in [1.82, 2.24) is 0 Å². The van der Waals surface area contributed by atoms with Gasteiger partial charge in [0.05, 0.1) is 4.92 Å². The first-order valence-electron chi connectivity index (χ1n) is 6.06. The van der Waals surface area contributed by atoms with Crippen LogP contribution in [0.3, 0.4) is 0 Å². The third-order valence-corrected chi connectivity index (χ3v) is 3.42. The summed E-state index contributed by atoms with van der Waals surface area (Å²) in [6.45, 7) is 0. The van der Waals surface area contributed by atoms with E-state index in [1.54, 1.807) is 12.1 Å². The van der Waals surface area contributed by atoms with Crippen LogP contribution >= 0.6 is 0 Å². The lowest BCUT2D eigenvalue weighted by molar-refractivity contribution is -0.384. The third-order valence-electron chi connectivity index (χ3n) is 3.42. The minimum absolute atomic E-state index is 0.0778. The van der Waals surface area contributed by atoms with Gasteiger partial charge in [0, 0.05) is 24.1 Å². The number of Topliss-reactive ketones (excluding diaryl/α,β-unsaturated/α-hetero) is 1. The van der Waals surface area contributed by atoms with Gasteiger partial charge in [-0.2, -0.15) is 0 Å². The fourth-order valence-corrected chi connectivity index (χ4v) is 2.43. The SMILES string of the molecule is O=C1CCc2cc(-c3cccc([N+](=O)[O-])c3)ccc21. The van der Waals surface area contributed by atoms with Gasteiger partial charge in [-0.05, 0) is 23.1 Å². The average molecular weight is 253 g/mol. The molecule has 0 radical (unpaired) electrons. The van der Waals surface area contributed by atoms with Gasteiger partial charge in [0.2, 0.25) is 0 Å². The summed E-state index contributed by atoms with van der Waals surface area (Å²) < 4.78 is 0. The number of rotatable bonds is 2. The molecule has 94 valence electrons. The van der Waals surface area contributed by atoms with E-state index in [-0.39, 0.29) is 11.5 Å². The van der Waals surface area contributed by atoms with E-state index < -0.39 is 4.92 Å². The Morgan fingerprint density at radius 2 is 1.79 bits per heavy atom. The van der Waals surface area contributed by atoms with Gasteiger partial charge >= 0.3 is 0 Å². The summed E-state index contributed by atoms with van der Waals surface area (Å²) in [4.78, 5) is 21.9. The van der Waals surface area contributed by atoms with Crippen LogP contribution in [0.15, 0.2) is 42.5 Å². The summed E-state index contributed by atoms with van der Waals surface area (Å²) in [5, 5.41) is 10.8. The standard InChI is InChI=1S/C15H11NO3/c17-15-7-5-12-8-11(4-6-14(12)15)10-2-1-3-13(9-10)16(18)19/h1-4,6,8-9H,5,7H2. The fraction of sp³-hybridized carbons (Fsp3) is 0.133. The zero-order valence-electron chi connectivity index (χ0n) is 10.1. The Kier molecular flexibility index (Phi) is 2.63. The largest absolute Gasteiger partial charge is 0.294 e. The highest BCUT2D eigenvalue weighted by Crippen LogP contribution is 2.29. The second kappa shape index (κ2) is 4.31. The molecule has 0 aromatic heterocycles. The summed E-state index contributed by atoms with van der Waals surface area (Å²) >= 11 is 0. The van der Waals surface area contributed by atoms with E-state index in [0.29, 0.717) is 6.42 Å². The number of carbonyl (C=O) groups is 1. The smallest absolute Gasteiger partial charge is 0.270 e. The summed E-state index contributed by atoms with van der Waals surface area (Å²) in [6.07, 6.45) is 1.32. The molecule has 0 saturated carbocycles. The first kappa shape index (κ1) is 11.6. The zero-order chi connectivity index (χ0) is 13.4. The van der Waals surface area contributed by atoms with Crippen LogP contribution in [0.4, 0.5) is 5.69 Å². The van der Waals surface area contributed by atoms with Crippen LogP contribution in [0.5, 0.6) is 0 Å². The average Bonchev–Trinajstić information content (AvgIpc) is 2.80. The lowest BCUT2D eigenvalue weighted by Gasteiger charge is -2.04. The monoisotopic (exact) mass is 253 g/mol. The zero-order valence-corrected chi connectivity index (χ0v) is 10.1. The van der Waals surface area contributed by atoms with Gasteiger partial charge in [-0.15, -0.1) is 0 Å². The van der Waals surface area contributed by atoms with Crippen molar-refractivity contribution in [2.75, 3.05) is 0 Å². The summed E-state index contributed by atoms with van der Waals surface area (Å²) in [5.41, 5.74) is 3.62. The van der Waals surface area contributed by atoms with Crippen LogP contribution in [-0.4, -0.2) is 10.7 Å². The molecule has 0 atom stereocenters.